The fraction of sp³-hybridized carbons (Fsp3) is 0.762. The van der Waals surface area contributed by atoms with Crippen molar-refractivity contribution >= 4 is 14.3 Å². The summed E-state index contributed by atoms with van der Waals surface area (Å²) >= 11 is 0. The fourth-order valence-electron chi connectivity index (χ4n) is 4.10. The highest BCUT2D eigenvalue weighted by atomic mass is 28.4. The minimum absolute atomic E-state index is 0.0628. The first-order valence-corrected chi connectivity index (χ1v) is 12.9. The molecule has 1 fully saturated rings. The summed E-state index contributed by atoms with van der Waals surface area (Å²) in [5, 5.41) is 0. The zero-order valence-corrected chi connectivity index (χ0v) is 18.6. The van der Waals surface area contributed by atoms with E-state index in [4.69, 9.17) is 18.3 Å². The maximum atomic E-state index is 11.7. The third kappa shape index (κ3) is 5.68. The van der Waals surface area contributed by atoms with E-state index in [0.29, 0.717) is 6.42 Å². The second kappa shape index (κ2) is 9.89. The van der Waals surface area contributed by atoms with Crippen molar-refractivity contribution in [3.05, 3.63) is 24.2 Å². The fourth-order valence-corrected chi connectivity index (χ4v) is 7.07. The molecule has 2 rings (SSSR count). The largest absolute Gasteiger partial charge is 0.469 e. The van der Waals surface area contributed by atoms with Gasteiger partial charge in [-0.3, -0.25) is 4.79 Å². The van der Waals surface area contributed by atoms with E-state index in [2.05, 4.69) is 27.7 Å². The maximum absolute atomic E-state index is 11.7. The standard InChI is InChI=1S/C21H36O5Si/c1-6-27(7-2,8-3)26-19-12-11-18(16-20(22)23-5)25-21(19,4)14-13-17-10-9-15-24-17/h9-10,15,18-19H,6-8,11-14,16H2,1-5H3/t18-,19+,21-/m0/s1. The van der Waals surface area contributed by atoms with Gasteiger partial charge in [-0.1, -0.05) is 20.8 Å². The summed E-state index contributed by atoms with van der Waals surface area (Å²) < 4.78 is 23.7. The third-order valence-electron chi connectivity index (χ3n) is 6.26. The van der Waals surface area contributed by atoms with Crippen LogP contribution in [-0.2, 0) is 25.1 Å². The average Bonchev–Trinajstić information content (AvgIpc) is 3.20. The predicted molar refractivity (Wildman–Crippen MR) is 108 cm³/mol. The molecule has 0 aromatic carbocycles. The van der Waals surface area contributed by atoms with Crippen LogP contribution in [0, 0.1) is 0 Å². The number of carbonyl (C=O) groups is 1. The number of rotatable bonds is 10. The molecule has 6 heteroatoms. The Bertz CT molecular complexity index is 561. The number of hydrogen-bond acceptors (Lipinski definition) is 5. The number of methoxy groups -OCH3 is 1. The van der Waals surface area contributed by atoms with E-state index in [0.717, 1.165) is 49.6 Å². The summed E-state index contributed by atoms with van der Waals surface area (Å²) in [5.41, 5.74) is -0.429. The lowest BCUT2D eigenvalue weighted by Gasteiger charge is -2.48. The number of ether oxygens (including phenoxy) is 2. The van der Waals surface area contributed by atoms with Gasteiger partial charge in [0, 0.05) is 6.42 Å². The molecule has 0 spiro atoms. The smallest absolute Gasteiger partial charge is 0.308 e. The molecule has 1 aromatic heterocycles. The van der Waals surface area contributed by atoms with Crippen molar-refractivity contribution in [1.29, 1.82) is 0 Å². The Hall–Kier alpha value is -1.11. The second-order valence-corrected chi connectivity index (χ2v) is 12.6. The van der Waals surface area contributed by atoms with E-state index in [1.54, 1.807) is 6.26 Å². The van der Waals surface area contributed by atoms with Crippen molar-refractivity contribution < 1.29 is 23.1 Å². The van der Waals surface area contributed by atoms with Crippen LogP contribution in [0.4, 0.5) is 0 Å². The molecule has 1 aliphatic rings. The molecule has 0 N–H and O–H groups in total. The average molecular weight is 397 g/mol. The van der Waals surface area contributed by atoms with Gasteiger partial charge >= 0.3 is 5.97 Å². The molecule has 3 atom stereocenters. The van der Waals surface area contributed by atoms with Crippen LogP contribution >= 0.6 is 0 Å². The van der Waals surface area contributed by atoms with E-state index in [1.165, 1.54) is 7.11 Å². The molecule has 0 unspecified atom stereocenters. The Morgan fingerprint density at radius 2 is 1.96 bits per heavy atom. The monoisotopic (exact) mass is 396 g/mol. The quantitative estimate of drug-likeness (QED) is 0.406. The predicted octanol–water partition coefficient (Wildman–Crippen LogP) is 5.10. The second-order valence-electron chi connectivity index (χ2n) is 7.84. The zero-order valence-electron chi connectivity index (χ0n) is 17.6. The Morgan fingerprint density at radius 3 is 2.52 bits per heavy atom. The first-order valence-electron chi connectivity index (χ1n) is 10.3. The summed E-state index contributed by atoms with van der Waals surface area (Å²) in [5.74, 6) is 0.741. The van der Waals surface area contributed by atoms with Gasteiger partial charge in [0.05, 0.1) is 37.6 Å². The number of carbonyl (C=O) groups excluding carboxylic acids is 1. The minimum Gasteiger partial charge on any atom is -0.469 e. The molecule has 0 bridgehead atoms. The molecule has 5 nitrogen and oxygen atoms in total. The molecule has 1 saturated heterocycles. The highest BCUT2D eigenvalue weighted by molar-refractivity contribution is 6.73. The van der Waals surface area contributed by atoms with E-state index in [-0.39, 0.29) is 18.2 Å². The molecule has 0 amide bonds. The van der Waals surface area contributed by atoms with Gasteiger partial charge in [0.15, 0.2) is 8.32 Å². The summed E-state index contributed by atoms with van der Waals surface area (Å²) in [6.45, 7) is 8.90. The van der Waals surface area contributed by atoms with E-state index in [1.807, 2.05) is 12.1 Å². The Balaban J connectivity index is 2.15. The van der Waals surface area contributed by atoms with Crippen molar-refractivity contribution in [2.75, 3.05) is 7.11 Å². The van der Waals surface area contributed by atoms with Gasteiger partial charge in [0.25, 0.3) is 0 Å². The molecule has 1 aliphatic heterocycles. The van der Waals surface area contributed by atoms with E-state index >= 15 is 0 Å². The molecule has 154 valence electrons. The first-order chi connectivity index (χ1) is 12.9. The van der Waals surface area contributed by atoms with Gasteiger partial charge in [-0.15, -0.1) is 0 Å². The molecule has 0 saturated carbocycles. The van der Waals surface area contributed by atoms with Crippen LogP contribution < -0.4 is 0 Å². The number of esters is 1. The summed E-state index contributed by atoms with van der Waals surface area (Å²) in [4.78, 5) is 11.7. The van der Waals surface area contributed by atoms with Crippen molar-refractivity contribution in [3.63, 3.8) is 0 Å². The molecule has 1 aromatic rings. The first kappa shape index (κ1) is 22.2. The number of aryl methyl sites for hydroxylation is 1. The number of hydrogen-bond donors (Lipinski definition) is 0. The van der Waals surface area contributed by atoms with Crippen LogP contribution in [-0.4, -0.2) is 39.2 Å². The van der Waals surface area contributed by atoms with Crippen LogP contribution in [0.2, 0.25) is 18.1 Å². The Kier molecular flexibility index (Phi) is 8.13. The van der Waals surface area contributed by atoms with Crippen LogP contribution in [0.5, 0.6) is 0 Å². The van der Waals surface area contributed by atoms with Crippen LogP contribution in [0.3, 0.4) is 0 Å². The highest BCUT2D eigenvalue weighted by Gasteiger charge is 2.46. The van der Waals surface area contributed by atoms with Gasteiger partial charge in [-0.2, -0.15) is 0 Å². The highest BCUT2D eigenvalue weighted by Crippen LogP contribution is 2.39. The van der Waals surface area contributed by atoms with Crippen molar-refractivity contribution in [1.82, 2.24) is 0 Å². The van der Waals surface area contributed by atoms with E-state index in [9.17, 15) is 4.79 Å². The van der Waals surface area contributed by atoms with Gasteiger partial charge in [-0.05, 0) is 56.5 Å². The Labute approximate surface area is 164 Å². The van der Waals surface area contributed by atoms with Gasteiger partial charge < -0.3 is 18.3 Å². The van der Waals surface area contributed by atoms with Crippen molar-refractivity contribution in [2.24, 2.45) is 0 Å². The molecule has 0 radical (unpaired) electrons. The molecular weight excluding hydrogens is 360 g/mol. The van der Waals surface area contributed by atoms with Crippen molar-refractivity contribution in [2.45, 2.75) is 95.7 Å². The van der Waals surface area contributed by atoms with Crippen LogP contribution in [0.15, 0.2) is 22.8 Å². The van der Waals surface area contributed by atoms with Gasteiger partial charge in [0.1, 0.15) is 5.76 Å². The van der Waals surface area contributed by atoms with Crippen LogP contribution in [0.1, 0.15) is 59.1 Å². The van der Waals surface area contributed by atoms with Crippen LogP contribution in [0.25, 0.3) is 0 Å². The van der Waals surface area contributed by atoms with E-state index < -0.39 is 13.9 Å². The Morgan fingerprint density at radius 1 is 1.26 bits per heavy atom. The summed E-state index contributed by atoms with van der Waals surface area (Å²) in [7, 11) is -0.317. The van der Waals surface area contributed by atoms with Crippen molar-refractivity contribution in [3.8, 4) is 0 Å². The maximum Gasteiger partial charge on any atom is 0.308 e. The molecule has 0 aliphatic carbocycles. The zero-order chi connectivity index (χ0) is 19.9. The number of furan rings is 1. The third-order valence-corrected chi connectivity index (χ3v) is 10.9. The topological polar surface area (TPSA) is 57.9 Å². The minimum atomic E-state index is -1.74. The van der Waals surface area contributed by atoms with Gasteiger partial charge in [0.2, 0.25) is 0 Å². The SMILES string of the molecule is CC[Si](CC)(CC)O[C@@H]1CC[C@@H](CC(=O)OC)O[C@@]1(C)CCc1ccco1. The lowest BCUT2D eigenvalue weighted by molar-refractivity contribution is -0.186. The van der Waals surface area contributed by atoms with Gasteiger partial charge in [-0.25, -0.2) is 0 Å². The molecule has 2 heterocycles. The molecule has 27 heavy (non-hydrogen) atoms. The lowest BCUT2D eigenvalue weighted by Crippen LogP contribution is -2.55. The normalized spacial score (nSPS) is 26.1. The summed E-state index contributed by atoms with van der Waals surface area (Å²) in [6.07, 6.45) is 5.32. The molecular formula is C21H36O5Si. The summed E-state index contributed by atoms with van der Waals surface area (Å²) in [6, 6.07) is 7.27. The lowest BCUT2D eigenvalue weighted by atomic mass is 9.85.